The lowest BCUT2D eigenvalue weighted by molar-refractivity contribution is -0.145. The van der Waals surface area contributed by atoms with Crippen molar-refractivity contribution in [1.29, 1.82) is 0 Å². The number of carbonyl (C=O) groups is 3. The van der Waals surface area contributed by atoms with Crippen LogP contribution in [0.5, 0.6) is 0 Å². The van der Waals surface area contributed by atoms with Crippen LogP contribution in [0.3, 0.4) is 0 Å². The predicted octanol–water partition coefficient (Wildman–Crippen LogP) is 1.33. The Bertz CT molecular complexity index is 781. The smallest absolute Gasteiger partial charge is 0.308 e. The molecule has 2 aromatic heterocycles. The predicted molar refractivity (Wildman–Crippen MR) is 91.3 cm³/mol. The Morgan fingerprint density at radius 3 is 2.84 bits per heavy atom. The molecule has 1 aliphatic rings. The molecule has 1 atom stereocenters. The zero-order chi connectivity index (χ0) is 18.0. The second-order valence-electron chi connectivity index (χ2n) is 6.44. The average molecular weight is 343 g/mol. The second-order valence-corrected chi connectivity index (χ2v) is 6.44. The molecule has 0 bridgehead atoms. The summed E-state index contributed by atoms with van der Waals surface area (Å²) in [5.41, 5.74) is 1.43. The van der Waals surface area contributed by atoms with Crippen molar-refractivity contribution in [2.75, 3.05) is 26.7 Å². The molecule has 2 amide bonds. The maximum absolute atomic E-state index is 12.6. The van der Waals surface area contributed by atoms with E-state index in [2.05, 4.69) is 0 Å². The molecule has 1 unspecified atom stereocenters. The van der Waals surface area contributed by atoms with Gasteiger partial charge in [0.25, 0.3) is 5.91 Å². The molecule has 1 saturated heterocycles. The molecule has 1 aliphatic heterocycles. The van der Waals surface area contributed by atoms with Gasteiger partial charge in [-0.25, -0.2) is 0 Å². The first-order valence-electron chi connectivity index (χ1n) is 8.28. The lowest BCUT2D eigenvalue weighted by Crippen LogP contribution is -2.46. The van der Waals surface area contributed by atoms with E-state index in [1.807, 2.05) is 28.8 Å². The van der Waals surface area contributed by atoms with Crippen molar-refractivity contribution in [3.8, 4) is 0 Å². The number of aliphatic carboxylic acids is 1. The van der Waals surface area contributed by atoms with E-state index in [1.54, 1.807) is 24.2 Å². The lowest BCUT2D eigenvalue weighted by Gasteiger charge is -2.32. The van der Waals surface area contributed by atoms with Gasteiger partial charge in [0.1, 0.15) is 0 Å². The molecule has 1 fully saturated rings. The van der Waals surface area contributed by atoms with Gasteiger partial charge < -0.3 is 19.3 Å². The molecule has 0 aliphatic carbocycles. The zero-order valence-corrected chi connectivity index (χ0v) is 14.1. The van der Waals surface area contributed by atoms with Crippen LogP contribution < -0.4 is 0 Å². The van der Waals surface area contributed by atoms with Crippen LogP contribution in [0.1, 0.15) is 23.2 Å². The first kappa shape index (κ1) is 17.0. The standard InChI is InChI=1S/C18H21N3O4/c1-19(12-16(22)21-8-4-5-13(10-21)18(24)25)17(23)14-9-15-6-2-3-7-20(15)11-14/h2-3,6-7,9,11,13H,4-5,8,10,12H2,1H3,(H,24,25). The first-order valence-corrected chi connectivity index (χ1v) is 8.28. The number of hydrogen-bond acceptors (Lipinski definition) is 3. The highest BCUT2D eigenvalue weighted by atomic mass is 16.4. The van der Waals surface area contributed by atoms with Crippen molar-refractivity contribution in [3.05, 3.63) is 42.2 Å². The molecule has 7 heteroatoms. The summed E-state index contributed by atoms with van der Waals surface area (Å²) in [5.74, 6) is -1.84. The number of piperidine rings is 1. The Labute approximate surface area is 145 Å². The third kappa shape index (κ3) is 3.65. The fourth-order valence-corrected chi connectivity index (χ4v) is 3.17. The van der Waals surface area contributed by atoms with E-state index in [9.17, 15) is 14.4 Å². The molecule has 0 radical (unpaired) electrons. The summed E-state index contributed by atoms with van der Waals surface area (Å²) in [6.07, 6.45) is 4.85. The summed E-state index contributed by atoms with van der Waals surface area (Å²) in [5, 5.41) is 9.12. The Kier molecular flexibility index (Phi) is 4.74. The number of fused-ring (bicyclic) bond motifs is 1. The number of aromatic nitrogens is 1. The van der Waals surface area contributed by atoms with Crippen LogP contribution in [0.2, 0.25) is 0 Å². The Morgan fingerprint density at radius 2 is 2.12 bits per heavy atom. The van der Waals surface area contributed by atoms with Crippen molar-refractivity contribution in [3.63, 3.8) is 0 Å². The van der Waals surface area contributed by atoms with Gasteiger partial charge in [-0.15, -0.1) is 0 Å². The number of carbonyl (C=O) groups excluding carboxylic acids is 2. The quantitative estimate of drug-likeness (QED) is 0.908. The summed E-state index contributed by atoms with van der Waals surface area (Å²) in [6, 6.07) is 7.46. The highest BCUT2D eigenvalue weighted by molar-refractivity contribution is 5.97. The maximum Gasteiger partial charge on any atom is 0.308 e. The summed E-state index contributed by atoms with van der Waals surface area (Å²) >= 11 is 0. The Morgan fingerprint density at radius 1 is 1.32 bits per heavy atom. The SMILES string of the molecule is CN(CC(=O)N1CCCC(C(=O)O)C1)C(=O)c1cc2ccccn2c1. The third-order valence-corrected chi connectivity index (χ3v) is 4.59. The summed E-state index contributed by atoms with van der Waals surface area (Å²) in [6.45, 7) is 0.699. The lowest BCUT2D eigenvalue weighted by atomic mass is 9.98. The molecule has 7 nitrogen and oxygen atoms in total. The largest absolute Gasteiger partial charge is 0.481 e. The number of rotatable bonds is 4. The topological polar surface area (TPSA) is 82.3 Å². The van der Waals surface area contributed by atoms with E-state index in [1.165, 1.54) is 4.90 Å². The minimum atomic E-state index is -0.873. The van der Waals surface area contributed by atoms with E-state index in [0.29, 0.717) is 24.9 Å². The molecule has 132 valence electrons. The van der Waals surface area contributed by atoms with Crippen LogP contribution in [-0.4, -0.2) is 63.8 Å². The van der Waals surface area contributed by atoms with Crippen LogP contribution in [0, 0.1) is 5.92 Å². The van der Waals surface area contributed by atoms with E-state index in [-0.39, 0.29) is 24.9 Å². The number of nitrogens with zero attached hydrogens (tertiary/aromatic N) is 3. The van der Waals surface area contributed by atoms with E-state index in [0.717, 1.165) is 5.52 Å². The number of likely N-dealkylation sites (tertiary alicyclic amines) is 1. The molecule has 2 aromatic rings. The Hall–Kier alpha value is -2.83. The van der Waals surface area contributed by atoms with Gasteiger partial charge in [0.2, 0.25) is 5.91 Å². The van der Waals surface area contributed by atoms with Gasteiger partial charge in [0.15, 0.2) is 0 Å². The first-order chi connectivity index (χ1) is 12.0. The summed E-state index contributed by atoms with van der Waals surface area (Å²) in [4.78, 5) is 39.0. The van der Waals surface area contributed by atoms with Gasteiger partial charge >= 0.3 is 5.97 Å². The van der Waals surface area contributed by atoms with Crippen LogP contribution in [0.25, 0.3) is 5.52 Å². The van der Waals surface area contributed by atoms with Crippen molar-refractivity contribution >= 4 is 23.3 Å². The number of carboxylic acids is 1. The number of hydrogen-bond donors (Lipinski definition) is 1. The van der Waals surface area contributed by atoms with Gasteiger partial charge in [-0.3, -0.25) is 14.4 Å². The van der Waals surface area contributed by atoms with Gasteiger partial charge in [-0.1, -0.05) is 6.07 Å². The maximum atomic E-state index is 12.6. The van der Waals surface area contributed by atoms with Gasteiger partial charge in [0.05, 0.1) is 18.0 Å². The minimum absolute atomic E-state index is 0.0582. The highest BCUT2D eigenvalue weighted by Crippen LogP contribution is 2.17. The molecule has 3 rings (SSSR count). The monoisotopic (exact) mass is 343 g/mol. The van der Waals surface area contributed by atoms with E-state index >= 15 is 0 Å². The fourth-order valence-electron chi connectivity index (χ4n) is 3.17. The van der Waals surface area contributed by atoms with Crippen molar-refractivity contribution in [2.24, 2.45) is 5.92 Å². The minimum Gasteiger partial charge on any atom is -0.481 e. The van der Waals surface area contributed by atoms with Gasteiger partial charge in [-0.05, 0) is 31.0 Å². The fraction of sp³-hybridized carbons (Fsp3) is 0.389. The van der Waals surface area contributed by atoms with Crippen LogP contribution in [0.4, 0.5) is 0 Å². The highest BCUT2D eigenvalue weighted by Gasteiger charge is 2.29. The van der Waals surface area contributed by atoms with Crippen LogP contribution >= 0.6 is 0 Å². The van der Waals surface area contributed by atoms with Crippen molar-refractivity contribution < 1.29 is 19.5 Å². The molecule has 0 aromatic carbocycles. The Balaban J connectivity index is 1.64. The average Bonchev–Trinajstić information content (AvgIpc) is 3.05. The van der Waals surface area contributed by atoms with Gasteiger partial charge in [-0.2, -0.15) is 0 Å². The van der Waals surface area contributed by atoms with Gasteiger partial charge in [0, 0.05) is 38.0 Å². The molecule has 3 heterocycles. The van der Waals surface area contributed by atoms with E-state index < -0.39 is 11.9 Å². The molecule has 25 heavy (non-hydrogen) atoms. The molecular weight excluding hydrogens is 322 g/mol. The zero-order valence-electron chi connectivity index (χ0n) is 14.1. The number of pyridine rings is 1. The number of carboxylic acid groups (broad SMARTS) is 1. The van der Waals surface area contributed by atoms with Crippen LogP contribution in [-0.2, 0) is 9.59 Å². The number of amides is 2. The number of likely N-dealkylation sites (N-methyl/N-ethyl adjacent to an activating group) is 1. The molecule has 0 saturated carbocycles. The molecule has 0 spiro atoms. The van der Waals surface area contributed by atoms with Crippen molar-refractivity contribution in [2.45, 2.75) is 12.8 Å². The molecule has 1 N–H and O–H groups in total. The van der Waals surface area contributed by atoms with Crippen LogP contribution in [0.15, 0.2) is 36.7 Å². The normalized spacial score (nSPS) is 17.5. The summed E-state index contributed by atoms with van der Waals surface area (Å²) in [7, 11) is 1.58. The second kappa shape index (κ2) is 6.96. The summed E-state index contributed by atoms with van der Waals surface area (Å²) < 4.78 is 1.85. The van der Waals surface area contributed by atoms with E-state index in [4.69, 9.17) is 5.11 Å². The van der Waals surface area contributed by atoms with Crippen molar-refractivity contribution in [1.82, 2.24) is 14.2 Å². The third-order valence-electron chi connectivity index (χ3n) is 4.59. The molecular formula is C18H21N3O4.